The highest BCUT2D eigenvalue weighted by atomic mass is 19.1. The molecule has 0 aliphatic rings. The molecule has 24 heavy (non-hydrogen) atoms. The Kier molecular flexibility index (Phi) is 4.42. The molecule has 0 N–H and O–H groups in total. The molecule has 1 amide bonds. The van der Waals surface area contributed by atoms with E-state index in [4.69, 9.17) is 0 Å². The van der Waals surface area contributed by atoms with E-state index in [1.54, 1.807) is 35.0 Å². The van der Waals surface area contributed by atoms with E-state index in [1.807, 2.05) is 37.3 Å². The van der Waals surface area contributed by atoms with Gasteiger partial charge in [-0.1, -0.05) is 25.1 Å². The number of halogens is 1. The van der Waals surface area contributed by atoms with Crippen molar-refractivity contribution in [2.24, 2.45) is 0 Å². The Labute approximate surface area is 140 Å². The first-order valence-corrected chi connectivity index (χ1v) is 7.77. The number of anilines is 1. The van der Waals surface area contributed by atoms with Gasteiger partial charge in [-0.15, -0.1) is 0 Å². The first-order valence-electron chi connectivity index (χ1n) is 7.77. The van der Waals surface area contributed by atoms with E-state index >= 15 is 0 Å². The Morgan fingerprint density at radius 1 is 1.12 bits per heavy atom. The Hall–Kier alpha value is -2.95. The van der Waals surface area contributed by atoms with Crippen LogP contribution in [0.2, 0.25) is 0 Å². The Morgan fingerprint density at radius 2 is 1.79 bits per heavy atom. The summed E-state index contributed by atoms with van der Waals surface area (Å²) in [7, 11) is 1.74. The van der Waals surface area contributed by atoms with Gasteiger partial charge in [0.25, 0.3) is 5.91 Å². The van der Waals surface area contributed by atoms with E-state index in [0.29, 0.717) is 12.0 Å². The van der Waals surface area contributed by atoms with E-state index in [-0.39, 0.29) is 11.7 Å². The van der Waals surface area contributed by atoms with E-state index < -0.39 is 0 Å². The van der Waals surface area contributed by atoms with Gasteiger partial charge in [-0.25, -0.2) is 9.07 Å². The number of nitrogens with zero attached hydrogens (tertiary/aromatic N) is 3. The molecule has 1 aromatic heterocycles. The second-order valence-corrected chi connectivity index (χ2v) is 5.45. The SMILES string of the molecule is CCc1c(C(=O)N(C)c2ccccc2)cnn1-c1ccc(F)cc1. The predicted molar refractivity (Wildman–Crippen MR) is 92.1 cm³/mol. The van der Waals surface area contributed by atoms with Gasteiger partial charge in [0.2, 0.25) is 0 Å². The van der Waals surface area contributed by atoms with Crippen LogP contribution >= 0.6 is 0 Å². The normalized spacial score (nSPS) is 10.6. The minimum atomic E-state index is -0.302. The molecule has 2 aromatic carbocycles. The maximum atomic E-state index is 13.1. The zero-order valence-electron chi connectivity index (χ0n) is 13.6. The maximum Gasteiger partial charge on any atom is 0.261 e. The number of aromatic nitrogens is 2. The molecule has 0 unspecified atom stereocenters. The quantitative estimate of drug-likeness (QED) is 0.731. The molecule has 3 aromatic rings. The summed E-state index contributed by atoms with van der Waals surface area (Å²) >= 11 is 0. The molecular formula is C19H18FN3O. The fourth-order valence-electron chi connectivity index (χ4n) is 2.65. The minimum Gasteiger partial charge on any atom is -0.311 e. The van der Waals surface area contributed by atoms with Crippen LogP contribution < -0.4 is 4.90 Å². The van der Waals surface area contributed by atoms with Gasteiger partial charge in [0.1, 0.15) is 5.82 Å². The second-order valence-electron chi connectivity index (χ2n) is 5.45. The van der Waals surface area contributed by atoms with Gasteiger partial charge >= 0.3 is 0 Å². The highest BCUT2D eigenvalue weighted by Gasteiger charge is 2.21. The third kappa shape index (κ3) is 2.93. The largest absolute Gasteiger partial charge is 0.311 e. The number of hydrogen-bond acceptors (Lipinski definition) is 2. The molecule has 0 saturated heterocycles. The standard InChI is InChI=1S/C19H18FN3O/c1-3-18-17(19(24)22(2)15-7-5-4-6-8-15)13-21-23(18)16-11-9-14(20)10-12-16/h4-13H,3H2,1-2H3. The lowest BCUT2D eigenvalue weighted by molar-refractivity contribution is 0.0992. The van der Waals surface area contributed by atoms with Crippen LogP contribution in [0, 0.1) is 5.82 Å². The molecular weight excluding hydrogens is 305 g/mol. The van der Waals surface area contributed by atoms with Crippen molar-refractivity contribution in [1.29, 1.82) is 0 Å². The molecule has 0 atom stereocenters. The molecule has 0 aliphatic carbocycles. The maximum absolute atomic E-state index is 13.1. The molecule has 0 bridgehead atoms. The smallest absolute Gasteiger partial charge is 0.261 e. The van der Waals surface area contributed by atoms with Crippen molar-refractivity contribution >= 4 is 11.6 Å². The molecule has 4 nitrogen and oxygen atoms in total. The van der Waals surface area contributed by atoms with E-state index in [0.717, 1.165) is 17.1 Å². The summed E-state index contributed by atoms with van der Waals surface area (Å²) in [6, 6.07) is 15.5. The summed E-state index contributed by atoms with van der Waals surface area (Å²) in [6.07, 6.45) is 2.21. The van der Waals surface area contributed by atoms with Crippen LogP contribution in [-0.4, -0.2) is 22.7 Å². The summed E-state index contributed by atoms with van der Waals surface area (Å²) in [6.45, 7) is 1.97. The number of para-hydroxylation sites is 1. The van der Waals surface area contributed by atoms with Crippen molar-refractivity contribution in [3.8, 4) is 5.69 Å². The predicted octanol–water partition coefficient (Wildman–Crippen LogP) is 3.85. The van der Waals surface area contributed by atoms with Crippen LogP contribution in [0.4, 0.5) is 10.1 Å². The average Bonchev–Trinajstić information content (AvgIpc) is 3.05. The first-order chi connectivity index (χ1) is 11.6. The van der Waals surface area contributed by atoms with Crippen molar-refractivity contribution < 1.29 is 9.18 Å². The van der Waals surface area contributed by atoms with Crippen molar-refractivity contribution in [2.45, 2.75) is 13.3 Å². The molecule has 0 spiro atoms. The molecule has 1 heterocycles. The number of carbonyl (C=O) groups is 1. The van der Waals surface area contributed by atoms with E-state index in [9.17, 15) is 9.18 Å². The summed E-state index contributed by atoms with van der Waals surface area (Å²) in [5, 5.41) is 4.33. The topological polar surface area (TPSA) is 38.1 Å². The lowest BCUT2D eigenvalue weighted by Gasteiger charge is -2.17. The van der Waals surface area contributed by atoms with E-state index in [1.165, 1.54) is 12.1 Å². The third-order valence-corrected chi connectivity index (χ3v) is 3.95. The molecule has 3 rings (SSSR count). The van der Waals surface area contributed by atoms with Gasteiger partial charge in [0, 0.05) is 12.7 Å². The van der Waals surface area contributed by atoms with Crippen LogP contribution in [0.5, 0.6) is 0 Å². The van der Waals surface area contributed by atoms with Crippen LogP contribution in [0.25, 0.3) is 5.69 Å². The van der Waals surface area contributed by atoms with Gasteiger partial charge in [0.15, 0.2) is 0 Å². The number of carbonyl (C=O) groups excluding carboxylic acids is 1. The second kappa shape index (κ2) is 6.66. The van der Waals surface area contributed by atoms with Crippen molar-refractivity contribution in [1.82, 2.24) is 9.78 Å². The highest BCUT2D eigenvalue weighted by molar-refractivity contribution is 6.06. The van der Waals surface area contributed by atoms with Gasteiger partial charge in [-0.3, -0.25) is 4.79 Å². The molecule has 122 valence electrons. The number of rotatable bonds is 4. The average molecular weight is 323 g/mol. The fourth-order valence-corrected chi connectivity index (χ4v) is 2.65. The summed E-state index contributed by atoms with van der Waals surface area (Å²) in [4.78, 5) is 14.4. The number of benzene rings is 2. The number of amides is 1. The summed E-state index contributed by atoms with van der Waals surface area (Å²) in [5.41, 5.74) is 2.90. The first kappa shape index (κ1) is 15.9. The molecule has 0 aliphatic heterocycles. The van der Waals surface area contributed by atoms with Crippen LogP contribution in [0.1, 0.15) is 23.0 Å². The van der Waals surface area contributed by atoms with Crippen molar-refractivity contribution in [3.05, 3.63) is 77.9 Å². The Morgan fingerprint density at radius 3 is 2.42 bits per heavy atom. The molecule has 0 fully saturated rings. The van der Waals surface area contributed by atoms with Crippen molar-refractivity contribution in [3.63, 3.8) is 0 Å². The highest BCUT2D eigenvalue weighted by Crippen LogP contribution is 2.20. The van der Waals surface area contributed by atoms with Gasteiger partial charge in [0.05, 0.1) is 23.1 Å². The van der Waals surface area contributed by atoms with Crippen LogP contribution in [0.15, 0.2) is 60.8 Å². The summed E-state index contributed by atoms with van der Waals surface area (Å²) < 4.78 is 14.8. The zero-order chi connectivity index (χ0) is 17.1. The molecule has 0 radical (unpaired) electrons. The fraction of sp³-hybridized carbons (Fsp3) is 0.158. The monoisotopic (exact) mass is 323 g/mol. The lowest BCUT2D eigenvalue weighted by Crippen LogP contribution is -2.26. The number of hydrogen-bond donors (Lipinski definition) is 0. The summed E-state index contributed by atoms with van der Waals surface area (Å²) in [5.74, 6) is -0.421. The van der Waals surface area contributed by atoms with Crippen LogP contribution in [-0.2, 0) is 6.42 Å². The van der Waals surface area contributed by atoms with Crippen molar-refractivity contribution in [2.75, 3.05) is 11.9 Å². The lowest BCUT2D eigenvalue weighted by atomic mass is 10.1. The van der Waals surface area contributed by atoms with Gasteiger partial charge < -0.3 is 4.90 Å². The van der Waals surface area contributed by atoms with Gasteiger partial charge in [-0.2, -0.15) is 5.10 Å². The van der Waals surface area contributed by atoms with Crippen LogP contribution in [0.3, 0.4) is 0 Å². The zero-order valence-corrected chi connectivity index (χ0v) is 13.6. The molecule has 0 saturated carbocycles. The Balaban J connectivity index is 1.97. The van der Waals surface area contributed by atoms with E-state index in [2.05, 4.69) is 5.10 Å². The molecule has 5 heteroatoms. The third-order valence-electron chi connectivity index (χ3n) is 3.95. The minimum absolute atomic E-state index is 0.119. The Bertz CT molecular complexity index is 841. The van der Waals surface area contributed by atoms with Gasteiger partial charge in [-0.05, 0) is 42.8 Å².